The van der Waals surface area contributed by atoms with Gasteiger partial charge >= 0.3 is 0 Å². The van der Waals surface area contributed by atoms with Crippen molar-refractivity contribution in [1.82, 2.24) is 10.0 Å². The van der Waals surface area contributed by atoms with Gasteiger partial charge in [0.05, 0.1) is 0 Å². The van der Waals surface area contributed by atoms with Gasteiger partial charge in [0.1, 0.15) is 0 Å². The summed E-state index contributed by atoms with van der Waals surface area (Å²) < 4.78 is 0. The van der Waals surface area contributed by atoms with E-state index in [2.05, 4.69) is 60.5 Å². The van der Waals surface area contributed by atoms with Crippen molar-refractivity contribution < 1.29 is 0 Å². The molecule has 14 heavy (non-hydrogen) atoms. The highest BCUT2D eigenvalue weighted by atomic mass is 15.6. The lowest BCUT2D eigenvalue weighted by atomic mass is 10.1. The number of hydrazine groups is 1. The Labute approximate surface area is 85.4 Å². The van der Waals surface area contributed by atoms with Gasteiger partial charge in [-0.15, -0.1) is 0 Å². The van der Waals surface area contributed by atoms with Gasteiger partial charge in [-0.2, -0.15) is 0 Å². The van der Waals surface area contributed by atoms with Crippen LogP contribution in [0.25, 0.3) is 0 Å². The van der Waals surface area contributed by atoms with Crippen LogP contribution in [0.4, 0.5) is 0 Å². The van der Waals surface area contributed by atoms with E-state index in [-0.39, 0.29) is 0 Å². The van der Waals surface area contributed by atoms with Crippen LogP contribution in [0, 0.1) is 6.92 Å². The Morgan fingerprint density at radius 1 is 1.29 bits per heavy atom. The highest BCUT2D eigenvalue weighted by molar-refractivity contribution is 5.25. The van der Waals surface area contributed by atoms with E-state index in [9.17, 15) is 0 Å². The van der Waals surface area contributed by atoms with Gasteiger partial charge < -0.3 is 5.01 Å². The molecule has 0 amide bonds. The number of rotatable bonds is 2. The van der Waals surface area contributed by atoms with Crippen molar-refractivity contribution in [3.8, 4) is 0 Å². The lowest BCUT2D eigenvalue weighted by molar-refractivity contribution is 0.0709. The molecule has 0 N–H and O–H groups in total. The summed E-state index contributed by atoms with van der Waals surface area (Å²) in [7, 11) is 2.09. The fourth-order valence-corrected chi connectivity index (χ4v) is 1.70. The first-order chi connectivity index (χ1) is 6.77. The number of hydrogen-bond acceptors (Lipinski definition) is 2. The van der Waals surface area contributed by atoms with E-state index >= 15 is 0 Å². The summed E-state index contributed by atoms with van der Waals surface area (Å²) in [5, 5.41) is 4.45. The Kier molecular flexibility index (Phi) is 2.55. The molecule has 0 aromatic heterocycles. The molecule has 1 aliphatic heterocycles. The Bertz CT molecular complexity index is 344. The summed E-state index contributed by atoms with van der Waals surface area (Å²) in [6, 6.07) is 8.55. The molecule has 2 heteroatoms. The summed E-state index contributed by atoms with van der Waals surface area (Å²) in [6.07, 6.45) is 4.29. The number of hydrogen-bond donors (Lipinski definition) is 0. The third kappa shape index (κ3) is 1.80. The predicted molar refractivity (Wildman–Crippen MR) is 58.5 cm³/mol. The molecule has 0 atom stereocenters. The van der Waals surface area contributed by atoms with Crippen LogP contribution in [0.1, 0.15) is 11.1 Å². The minimum Gasteiger partial charge on any atom is -0.316 e. The second kappa shape index (κ2) is 3.84. The van der Waals surface area contributed by atoms with E-state index in [1.165, 1.54) is 11.1 Å². The summed E-state index contributed by atoms with van der Waals surface area (Å²) in [5.74, 6) is 0. The van der Waals surface area contributed by atoms with E-state index < -0.39 is 0 Å². The van der Waals surface area contributed by atoms with Crippen LogP contribution >= 0.6 is 0 Å². The standard InChI is InChI=1S/C12H16N2/c1-11-6-3-4-7-12(11)10-14-9-5-8-13(14)2/h3-8H,9-10H2,1-2H3. The van der Waals surface area contributed by atoms with Crippen LogP contribution < -0.4 is 0 Å². The van der Waals surface area contributed by atoms with Gasteiger partial charge in [0, 0.05) is 26.3 Å². The third-order valence-corrected chi connectivity index (χ3v) is 2.70. The topological polar surface area (TPSA) is 6.48 Å². The van der Waals surface area contributed by atoms with Gasteiger partial charge in [-0.25, -0.2) is 5.01 Å². The molecule has 2 nitrogen and oxygen atoms in total. The molecular weight excluding hydrogens is 172 g/mol. The summed E-state index contributed by atoms with van der Waals surface area (Å²) >= 11 is 0. The molecule has 0 bridgehead atoms. The highest BCUT2D eigenvalue weighted by Crippen LogP contribution is 2.14. The Balaban J connectivity index is 2.08. The molecule has 74 valence electrons. The third-order valence-electron chi connectivity index (χ3n) is 2.70. The van der Waals surface area contributed by atoms with Crippen molar-refractivity contribution in [2.24, 2.45) is 0 Å². The van der Waals surface area contributed by atoms with E-state index in [0.29, 0.717) is 0 Å². The molecule has 2 rings (SSSR count). The molecule has 0 spiro atoms. The summed E-state index contributed by atoms with van der Waals surface area (Å²) in [5.41, 5.74) is 2.77. The van der Waals surface area contributed by atoms with E-state index in [1.807, 2.05) is 0 Å². The SMILES string of the molecule is Cc1ccccc1CN1CC=CN1C. The summed E-state index contributed by atoms with van der Waals surface area (Å²) in [4.78, 5) is 0. The Morgan fingerprint density at radius 2 is 2.07 bits per heavy atom. The van der Waals surface area contributed by atoms with Crippen molar-refractivity contribution in [2.45, 2.75) is 13.5 Å². The Hall–Kier alpha value is -1.28. The first-order valence-corrected chi connectivity index (χ1v) is 4.96. The van der Waals surface area contributed by atoms with Crippen molar-refractivity contribution in [3.05, 3.63) is 47.7 Å². The second-order valence-electron chi connectivity index (χ2n) is 3.73. The first-order valence-electron chi connectivity index (χ1n) is 4.96. The van der Waals surface area contributed by atoms with Crippen molar-refractivity contribution in [3.63, 3.8) is 0 Å². The molecule has 0 fully saturated rings. The lowest BCUT2D eigenvalue weighted by Gasteiger charge is -2.25. The lowest BCUT2D eigenvalue weighted by Crippen LogP contribution is -2.31. The van der Waals surface area contributed by atoms with Crippen LogP contribution in [-0.4, -0.2) is 23.6 Å². The zero-order chi connectivity index (χ0) is 9.97. The van der Waals surface area contributed by atoms with Gasteiger partial charge in [-0.3, -0.25) is 0 Å². The Morgan fingerprint density at radius 3 is 2.71 bits per heavy atom. The van der Waals surface area contributed by atoms with E-state index in [0.717, 1.165) is 13.1 Å². The average Bonchev–Trinajstić information content (AvgIpc) is 2.56. The van der Waals surface area contributed by atoms with Crippen LogP contribution in [0.5, 0.6) is 0 Å². The zero-order valence-electron chi connectivity index (χ0n) is 8.77. The summed E-state index contributed by atoms with van der Waals surface area (Å²) in [6.45, 7) is 4.18. The molecule has 0 unspecified atom stereocenters. The quantitative estimate of drug-likeness (QED) is 0.702. The highest BCUT2D eigenvalue weighted by Gasteiger charge is 2.12. The van der Waals surface area contributed by atoms with Gasteiger partial charge in [0.15, 0.2) is 0 Å². The van der Waals surface area contributed by atoms with Crippen molar-refractivity contribution in [2.75, 3.05) is 13.6 Å². The van der Waals surface area contributed by atoms with Crippen molar-refractivity contribution in [1.29, 1.82) is 0 Å². The zero-order valence-corrected chi connectivity index (χ0v) is 8.77. The molecule has 0 saturated heterocycles. The smallest absolute Gasteiger partial charge is 0.0437 e. The molecule has 1 aliphatic rings. The average molecular weight is 188 g/mol. The van der Waals surface area contributed by atoms with Crippen LogP contribution in [0.3, 0.4) is 0 Å². The second-order valence-corrected chi connectivity index (χ2v) is 3.73. The molecule has 0 aliphatic carbocycles. The fourth-order valence-electron chi connectivity index (χ4n) is 1.70. The van der Waals surface area contributed by atoms with Gasteiger partial charge in [0.2, 0.25) is 0 Å². The molecule has 1 aromatic carbocycles. The normalized spacial score (nSPS) is 16.6. The largest absolute Gasteiger partial charge is 0.316 e. The fraction of sp³-hybridized carbons (Fsp3) is 0.333. The molecule has 0 saturated carbocycles. The van der Waals surface area contributed by atoms with Gasteiger partial charge in [-0.05, 0) is 18.1 Å². The minimum atomic E-state index is 0.996. The minimum absolute atomic E-state index is 0.996. The molecule has 1 heterocycles. The maximum absolute atomic E-state index is 2.31. The van der Waals surface area contributed by atoms with Gasteiger partial charge in [0.25, 0.3) is 0 Å². The maximum atomic E-state index is 2.31. The maximum Gasteiger partial charge on any atom is 0.0437 e. The van der Waals surface area contributed by atoms with Crippen LogP contribution in [-0.2, 0) is 6.54 Å². The van der Waals surface area contributed by atoms with Crippen molar-refractivity contribution >= 4 is 0 Å². The van der Waals surface area contributed by atoms with E-state index in [1.54, 1.807) is 0 Å². The molecular formula is C12H16N2. The number of aryl methyl sites for hydroxylation is 1. The number of benzene rings is 1. The predicted octanol–water partition coefficient (Wildman–Crippen LogP) is 2.17. The molecule has 0 radical (unpaired) electrons. The monoisotopic (exact) mass is 188 g/mol. The van der Waals surface area contributed by atoms with Crippen LogP contribution in [0.2, 0.25) is 0 Å². The van der Waals surface area contributed by atoms with Crippen LogP contribution in [0.15, 0.2) is 36.5 Å². The molecule has 1 aromatic rings. The number of nitrogens with zero attached hydrogens (tertiary/aromatic N) is 2. The first kappa shape index (κ1) is 9.28. The van der Waals surface area contributed by atoms with E-state index in [4.69, 9.17) is 0 Å². The van der Waals surface area contributed by atoms with Gasteiger partial charge in [-0.1, -0.05) is 30.3 Å².